The van der Waals surface area contributed by atoms with Crippen molar-refractivity contribution >= 4 is 0 Å². The van der Waals surface area contributed by atoms with Crippen molar-refractivity contribution in [3.8, 4) is 5.75 Å². The van der Waals surface area contributed by atoms with Crippen LogP contribution < -0.4 is 25.9 Å². The van der Waals surface area contributed by atoms with Crippen molar-refractivity contribution in [3.05, 3.63) is 61.2 Å². The van der Waals surface area contributed by atoms with Crippen LogP contribution in [0.25, 0.3) is 0 Å². The molecule has 0 bridgehead atoms. The van der Waals surface area contributed by atoms with Gasteiger partial charge in [-0.25, -0.2) is 0 Å². The van der Waals surface area contributed by atoms with E-state index in [1.807, 2.05) is 12.1 Å². The lowest BCUT2D eigenvalue weighted by Crippen LogP contribution is -3.61. The van der Waals surface area contributed by atoms with E-state index >= 15 is 0 Å². The second-order valence-electron chi connectivity index (χ2n) is 3.55. The molecule has 2 aromatic carbocycles. The van der Waals surface area contributed by atoms with E-state index in [1.165, 1.54) is 12.7 Å². The van der Waals surface area contributed by atoms with Gasteiger partial charge >= 0.3 is 21.2 Å². The number of hydrogen-bond acceptors (Lipinski definition) is 1. The fourth-order valence-electron chi connectivity index (χ4n) is 1.42. The molecule has 0 unspecified atom stereocenters. The van der Waals surface area contributed by atoms with E-state index in [0.29, 0.717) is 0 Å². The minimum Gasteiger partial charge on any atom is -0.497 e. The van der Waals surface area contributed by atoms with Crippen LogP contribution in [0.15, 0.2) is 48.5 Å². The summed E-state index contributed by atoms with van der Waals surface area (Å²) in [5.74, 6) is 0.928. The van der Waals surface area contributed by atoms with Gasteiger partial charge in [0, 0.05) is 0 Å². The highest BCUT2D eigenvalue weighted by atomic mass is 127. The normalized spacial score (nSPS) is 10.1. The van der Waals surface area contributed by atoms with E-state index in [9.17, 15) is 0 Å². The van der Waals surface area contributed by atoms with Gasteiger partial charge in [0.05, 0.1) is 7.11 Å². The first-order valence-corrected chi connectivity index (χ1v) is 7.29. The van der Waals surface area contributed by atoms with Crippen LogP contribution >= 0.6 is 0 Å². The Hall–Kier alpha value is -1.03. The Balaban J connectivity index is 2.14. The molecule has 0 aliphatic rings. The number of halogens is 1. The number of rotatable bonds is 3. The van der Waals surface area contributed by atoms with Crippen molar-refractivity contribution < 1.29 is 25.9 Å². The zero-order valence-electron chi connectivity index (χ0n) is 9.41. The van der Waals surface area contributed by atoms with Crippen molar-refractivity contribution in [2.75, 3.05) is 7.11 Å². The van der Waals surface area contributed by atoms with Crippen LogP contribution in [-0.4, -0.2) is 7.11 Å². The average Bonchev–Trinajstić information content (AvgIpc) is 2.30. The highest BCUT2D eigenvalue weighted by Crippen LogP contribution is 2.06. The summed E-state index contributed by atoms with van der Waals surface area (Å²) in [5.41, 5.74) is 1.34. The van der Waals surface area contributed by atoms with E-state index in [0.717, 1.165) is 5.75 Å². The van der Waals surface area contributed by atoms with Gasteiger partial charge in [-0.2, -0.15) is 0 Å². The molecule has 0 radical (unpaired) electrons. The maximum absolute atomic E-state index is 5.15. The lowest BCUT2D eigenvalue weighted by Gasteiger charge is -1.96. The van der Waals surface area contributed by atoms with Gasteiger partial charge in [0.2, 0.25) is 0 Å². The largest absolute Gasteiger partial charge is 0.497 e. The number of aryl methyl sites for hydroxylation is 1. The zero-order chi connectivity index (χ0) is 11.4. The molecule has 0 N–H and O–H groups in total. The molecule has 1 nitrogen and oxygen atoms in total. The molecule has 0 aliphatic heterocycles. The van der Waals surface area contributed by atoms with Gasteiger partial charge in [0.15, 0.2) is 7.14 Å². The second-order valence-corrected chi connectivity index (χ2v) is 6.58. The first kappa shape index (κ1) is 11.5. The molecule has 0 spiro atoms. The topological polar surface area (TPSA) is 9.23 Å². The highest BCUT2D eigenvalue weighted by Gasteiger charge is 2.14. The molecular weight excluding hydrogens is 311 g/mol. The van der Waals surface area contributed by atoms with Crippen LogP contribution in [0.3, 0.4) is 0 Å². The van der Waals surface area contributed by atoms with Gasteiger partial charge < -0.3 is 4.74 Å². The van der Waals surface area contributed by atoms with E-state index in [-0.39, 0.29) is 21.2 Å². The molecule has 0 atom stereocenters. The Morgan fingerprint density at radius 3 is 2.31 bits per heavy atom. The number of hydrogen-bond donors (Lipinski definition) is 0. The molecule has 2 rings (SSSR count). The molecule has 0 aliphatic carbocycles. The smallest absolute Gasteiger partial charge is 0.357 e. The van der Waals surface area contributed by atoms with Crippen LogP contribution in [0.1, 0.15) is 5.56 Å². The lowest BCUT2D eigenvalue weighted by molar-refractivity contribution is -0.597. The summed E-state index contributed by atoms with van der Waals surface area (Å²) in [7, 11) is 1.70. The molecule has 2 heteroatoms. The molecule has 82 valence electrons. The number of ether oxygens (including phenoxy) is 1. The Labute approximate surface area is 107 Å². The molecule has 2 aromatic rings. The molecule has 0 aromatic heterocycles. The SMILES string of the molecule is COc1ccc([I+]c2cccc(C)c2)cc1. The Bertz CT molecular complexity index is 462. The molecule has 0 saturated heterocycles. The van der Waals surface area contributed by atoms with Crippen molar-refractivity contribution in [3.63, 3.8) is 0 Å². The molecule has 0 amide bonds. The third-order valence-corrected chi connectivity index (χ3v) is 4.88. The van der Waals surface area contributed by atoms with Gasteiger partial charge in [0.25, 0.3) is 0 Å². The van der Waals surface area contributed by atoms with E-state index in [4.69, 9.17) is 4.74 Å². The van der Waals surface area contributed by atoms with Crippen LogP contribution in [0, 0.1) is 14.1 Å². The Morgan fingerprint density at radius 2 is 1.69 bits per heavy atom. The van der Waals surface area contributed by atoms with E-state index in [2.05, 4.69) is 43.3 Å². The summed E-state index contributed by atoms with van der Waals surface area (Å²) in [4.78, 5) is 0. The van der Waals surface area contributed by atoms with Crippen LogP contribution in [0.4, 0.5) is 0 Å². The van der Waals surface area contributed by atoms with Gasteiger partial charge in [-0.15, -0.1) is 0 Å². The maximum Gasteiger partial charge on any atom is 0.357 e. The van der Waals surface area contributed by atoms with Crippen LogP contribution in [0.2, 0.25) is 0 Å². The summed E-state index contributed by atoms with van der Waals surface area (Å²) in [6, 6.07) is 17.1. The quantitative estimate of drug-likeness (QED) is 0.729. The van der Waals surface area contributed by atoms with Gasteiger partial charge in [-0.3, -0.25) is 0 Å². The van der Waals surface area contributed by atoms with Crippen molar-refractivity contribution in [1.29, 1.82) is 0 Å². The lowest BCUT2D eigenvalue weighted by atomic mass is 10.2. The third kappa shape index (κ3) is 2.98. The first-order valence-electron chi connectivity index (χ1n) is 5.13. The van der Waals surface area contributed by atoms with Crippen molar-refractivity contribution in [2.24, 2.45) is 0 Å². The van der Waals surface area contributed by atoms with E-state index < -0.39 is 0 Å². The summed E-state index contributed by atoms with van der Waals surface area (Å²) in [5, 5.41) is 0. The van der Waals surface area contributed by atoms with Crippen LogP contribution in [-0.2, 0) is 0 Å². The molecular formula is C14H14IO+. The van der Waals surface area contributed by atoms with Crippen molar-refractivity contribution in [1.82, 2.24) is 0 Å². The van der Waals surface area contributed by atoms with Gasteiger partial charge in [-0.1, -0.05) is 12.1 Å². The monoisotopic (exact) mass is 325 g/mol. The minimum atomic E-state index is -0.0617. The predicted octanol–water partition coefficient (Wildman–Crippen LogP) is 0.132. The average molecular weight is 325 g/mol. The fraction of sp³-hybridized carbons (Fsp3) is 0.143. The highest BCUT2D eigenvalue weighted by molar-refractivity contribution is 5.20. The Morgan fingerprint density at radius 1 is 0.938 bits per heavy atom. The molecule has 0 fully saturated rings. The number of methoxy groups -OCH3 is 1. The summed E-state index contributed by atoms with van der Waals surface area (Å²) in [6.45, 7) is 2.14. The predicted molar refractivity (Wildman–Crippen MR) is 61.6 cm³/mol. The summed E-state index contributed by atoms with van der Waals surface area (Å²) in [6.07, 6.45) is 0. The van der Waals surface area contributed by atoms with Crippen molar-refractivity contribution in [2.45, 2.75) is 6.92 Å². The zero-order valence-corrected chi connectivity index (χ0v) is 11.6. The summed E-state index contributed by atoms with van der Waals surface area (Å²) >= 11 is -0.0617. The maximum atomic E-state index is 5.15. The fourth-order valence-corrected chi connectivity index (χ4v) is 3.90. The molecule has 0 heterocycles. The Kier molecular flexibility index (Phi) is 3.83. The molecule has 0 saturated carbocycles. The van der Waals surface area contributed by atoms with Gasteiger partial charge in [-0.05, 0) is 48.9 Å². The third-order valence-electron chi connectivity index (χ3n) is 2.25. The second kappa shape index (κ2) is 5.34. The molecule has 16 heavy (non-hydrogen) atoms. The van der Waals surface area contributed by atoms with Crippen LogP contribution in [0.5, 0.6) is 5.75 Å². The number of benzene rings is 2. The first-order chi connectivity index (χ1) is 7.78. The standard InChI is InChI=1S/C14H14IO/c1-11-4-3-5-13(10-11)15-12-6-8-14(16-2)9-7-12/h3-10H,1-2H3/q+1. The van der Waals surface area contributed by atoms with E-state index in [1.54, 1.807) is 7.11 Å². The summed E-state index contributed by atoms with van der Waals surface area (Å²) < 4.78 is 8.03. The van der Waals surface area contributed by atoms with Gasteiger partial charge in [0.1, 0.15) is 5.75 Å². The minimum absolute atomic E-state index is 0.0617.